The van der Waals surface area contributed by atoms with Crippen LogP contribution in [0.25, 0.3) is 10.9 Å². The number of aryl methyl sites for hydroxylation is 1. The number of ether oxygens (including phenoxy) is 1. The summed E-state index contributed by atoms with van der Waals surface area (Å²) in [5.41, 5.74) is 3.85. The number of nitrogens with one attached hydrogen (secondary N) is 3. The van der Waals surface area contributed by atoms with Crippen molar-refractivity contribution in [1.82, 2.24) is 20.5 Å². The molecule has 2 aromatic rings. The van der Waals surface area contributed by atoms with Gasteiger partial charge in [0.25, 0.3) is 0 Å². The molecule has 1 aliphatic rings. The Hall–Kier alpha value is -2.54. The minimum atomic E-state index is -0.0197. The lowest BCUT2D eigenvalue weighted by molar-refractivity contribution is -0.127. The second-order valence-corrected chi connectivity index (χ2v) is 8.01. The predicted octanol–water partition coefficient (Wildman–Crippen LogP) is 2.47. The maximum absolute atomic E-state index is 12.0. The van der Waals surface area contributed by atoms with E-state index in [1.165, 1.54) is 28.5 Å². The third-order valence-electron chi connectivity index (χ3n) is 5.60. The first-order chi connectivity index (χ1) is 14.6. The van der Waals surface area contributed by atoms with Gasteiger partial charge in [-0.15, -0.1) is 0 Å². The number of likely N-dealkylation sites (N-methyl/N-ethyl adjacent to an activating group) is 1. The van der Waals surface area contributed by atoms with Crippen molar-refractivity contribution in [3.05, 3.63) is 35.5 Å². The second kappa shape index (κ2) is 11.0. The normalized spacial score (nSPS) is 17.2. The highest BCUT2D eigenvalue weighted by molar-refractivity contribution is 5.86. The van der Waals surface area contributed by atoms with E-state index in [9.17, 15) is 4.79 Å². The molecule has 3 rings (SSSR count). The van der Waals surface area contributed by atoms with Crippen LogP contribution in [-0.4, -0.2) is 68.2 Å². The fourth-order valence-corrected chi connectivity index (χ4v) is 3.73. The number of aromatic amines is 1. The Bertz CT molecular complexity index is 852. The average molecular weight is 414 g/mol. The molecule has 7 nitrogen and oxygen atoms in total. The van der Waals surface area contributed by atoms with Crippen LogP contribution in [-0.2, 0) is 22.4 Å². The lowest BCUT2D eigenvalue weighted by Crippen LogP contribution is -2.43. The molecule has 0 radical (unpaired) electrons. The number of hydrogen-bond acceptors (Lipinski definition) is 3. The summed E-state index contributed by atoms with van der Waals surface area (Å²) in [6.07, 6.45) is 7.59. The van der Waals surface area contributed by atoms with Crippen molar-refractivity contribution in [2.75, 3.05) is 40.3 Å². The third kappa shape index (κ3) is 5.98. The van der Waals surface area contributed by atoms with Crippen molar-refractivity contribution >= 4 is 22.8 Å². The minimum Gasteiger partial charge on any atom is -0.376 e. The van der Waals surface area contributed by atoms with Crippen LogP contribution in [0, 0.1) is 0 Å². The molecule has 1 atom stereocenters. The molecule has 0 saturated carbocycles. The van der Waals surface area contributed by atoms with E-state index in [1.807, 2.05) is 0 Å². The fraction of sp³-hybridized carbons (Fsp3) is 0.565. The molecule has 7 heteroatoms. The first-order valence-corrected chi connectivity index (χ1v) is 11.0. The zero-order valence-corrected chi connectivity index (χ0v) is 18.5. The monoisotopic (exact) mass is 413 g/mol. The molecule has 0 spiro atoms. The first-order valence-electron chi connectivity index (χ1n) is 11.0. The topological polar surface area (TPSA) is 81.8 Å². The van der Waals surface area contributed by atoms with E-state index >= 15 is 0 Å². The Morgan fingerprint density at radius 3 is 2.87 bits per heavy atom. The number of fused-ring (bicyclic) bond motifs is 1. The van der Waals surface area contributed by atoms with Crippen LogP contribution >= 0.6 is 0 Å². The molecule has 1 aromatic carbocycles. The highest BCUT2D eigenvalue weighted by Gasteiger charge is 2.14. The Kier molecular flexibility index (Phi) is 8.13. The van der Waals surface area contributed by atoms with Gasteiger partial charge in [-0.1, -0.05) is 25.1 Å². The van der Waals surface area contributed by atoms with E-state index in [4.69, 9.17) is 4.74 Å². The summed E-state index contributed by atoms with van der Waals surface area (Å²) in [5.74, 6) is 0.641. The number of rotatable bonds is 8. The van der Waals surface area contributed by atoms with Gasteiger partial charge in [0.05, 0.1) is 6.10 Å². The van der Waals surface area contributed by atoms with Gasteiger partial charge in [0.15, 0.2) is 5.96 Å². The number of guanidine groups is 1. The van der Waals surface area contributed by atoms with Gasteiger partial charge in [-0.2, -0.15) is 0 Å². The molecular weight excluding hydrogens is 378 g/mol. The van der Waals surface area contributed by atoms with Gasteiger partial charge < -0.3 is 25.3 Å². The molecule has 1 fully saturated rings. The first kappa shape index (κ1) is 22.2. The Morgan fingerprint density at radius 1 is 1.27 bits per heavy atom. The molecule has 1 unspecified atom stereocenters. The van der Waals surface area contributed by atoms with E-state index < -0.39 is 0 Å². The van der Waals surface area contributed by atoms with E-state index in [0.29, 0.717) is 12.5 Å². The standard InChI is InChI=1S/C23H35N5O2/c1-4-17-8-7-10-20-18(14-25-22(17)20)11-12-24-23(27-16-21(29)28(2)3)26-15-19-9-5-6-13-30-19/h7-8,10,14,19,25H,4-6,9,11-13,15-16H2,1-3H3,(H2,24,26,27). The van der Waals surface area contributed by atoms with Gasteiger partial charge in [0.2, 0.25) is 5.91 Å². The smallest absolute Gasteiger partial charge is 0.243 e. The van der Waals surface area contributed by atoms with E-state index in [-0.39, 0.29) is 18.6 Å². The molecule has 2 heterocycles. The molecule has 1 aliphatic heterocycles. The highest BCUT2D eigenvalue weighted by atomic mass is 16.5. The number of benzene rings is 1. The molecule has 164 valence electrons. The Balaban J connectivity index is 1.59. The number of amides is 1. The van der Waals surface area contributed by atoms with Crippen LogP contribution in [0.2, 0.25) is 0 Å². The van der Waals surface area contributed by atoms with Gasteiger partial charge in [-0.05, 0) is 43.2 Å². The lowest BCUT2D eigenvalue weighted by atomic mass is 10.1. The molecule has 1 aromatic heterocycles. The maximum atomic E-state index is 12.0. The fourth-order valence-electron chi connectivity index (χ4n) is 3.73. The zero-order valence-electron chi connectivity index (χ0n) is 18.5. The van der Waals surface area contributed by atoms with Crippen LogP contribution in [0.3, 0.4) is 0 Å². The number of hydrogen-bond donors (Lipinski definition) is 3. The molecule has 0 aliphatic carbocycles. The molecule has 1 saturated heterocycles. The van der Waals surface area contributed by atoms with Crippen LogP contribution in [0.5, 0.6) is 0 Å². The minimum absolute atomic E-state index is 0.0197. The molecule has 3 N–H and O–H groups in total. The van der Waals surface area contributed by atoms with Crippen molar-refractivity contribution in [1.29, 1.82) is 0 Å². The number of para-hydroxylation sites is 1. The van der Waals surface area contributed by atoms with Crippen molar-refractivity contribution in [2.45, 2.75) is 45.1 Å². The average Bonchev–Trinajstić information content (AvgIpc) is 3.18. The van der Waals surface area contributed by atoms with E-state index in [1.54, 1.807) is 19.0 Å². The summed E-state index contributed by atoms with van der Waals surface area (Å²) in [7, 11) is 3.49. The summed E-state index contributed by atoms with van der Waals surface area (Å²) in [6.45, 7) is 4.56. The quantitative estimate of drug-likeness (QED) is 0.459. The number of aliphatic imine (C=N–C) groups is 1. The predicted molar refractivity (Wildman–Crippen MR) is 122 cm³/mol. The second-order valence-electron chi connectivity index (χ2n) is 8.01. The van der Waals surface area contributed by atoms with E-state index in [2.05, 4.69) is 51.9 Å². The number of aromatic nitrogens is 1. The van der Waals surface area contributed by atoms with Gasteiger partial charge in [0.1, 0.15) is 6.54 Å². The summed E-state index contributed by atoms with van der Waals surface area (Å²) >= 11 is 0. The number of H-pyrrole nitrogens is 1. The summed E-state index contributed by atoms with van der Waals surface area (Å²) < 4.78 is 5.80. The van der Waals surface area contributed by atoms with Crippen LogP contribution in [0.4, 0.5) is 0 Å². The van der Waals surface area contributed by atoms with Gasteiger partial charge >= 0.3 is 0 Å². The number of nitrogens with zero attached hydrogens (tertiary/aromatic N) is 2. The highest BCUT2D eigenvalue weighted by Crippen LogP contribution is 2.22. The molecular formula is C23H35N5O2. The third-order valence-corrected chi connectivity index (χ3v) is 5.60. The Labute approximate surface area is 179 Å². The van der Waals surface area contributed by atoms with Crippen LogP contribution in [0.15, 0.2) is 29.4 Å². The van der Waals surface area contributed by atoms with E-state index in [0.717, 1.165) is 38.8 Å². The van der Waals surface area contributed by atoms with Crippen molar-refractivity contribution in [3.8, 4) is 0 Å². The van der Waals surface area contributed by atoms with Gasteiger partial charge in [-0.25, -0.2) is 4.99 Å². The van der Waals surface area contributed by atoms with Crippen LogP contribution < -0.4 is 10.6 Å². The number of carbonyl (C=O) groups excluding carboxylic acids is 1. The van der Waals surface area contributed by atoms with Crippen LogP contribution in [0.1, 0.15) is 37.3 Å². The summed E-state index contributed by atoms with van der Waals surface area (Å²) in [4.78, 5) is 21.4. The molecule has 30 heavy (non-hydrogen) atoms. The Morgan fingerprint density at radius 2 is 2.13 bits per heavy atom. The van der Waals surface area contributed by atoms with Gasteiger partial charge in [-0.3, -0.25) is 4.79 Å². The summed E-state index contributed by atoms with van der Waals surface area (Å²) in [5, 5.41) is 8.02. The molecule has 0 bridgehead atoms. The lowest BCUT2D eigenvalue weighted by Gasteiger charge is -2.24. The van der Waals surface area contributed by atoms with Crippen molar-refractivity contribution < 1.29 is 9.53 Å². The van der Waals surface area contributed by atoms with Crippen molar-refractivity contribution in [3.63, 3.8) is 0 Å². The SMILES string of the molecule is CCc1cccc2c(CCNC(=NCC(=O)N(C)C)NCC3CCCCO3)c[nH]c12. The maximum Gasteiger partial charge on any atom is 0.243 e. The van der Waals surface area contributed by atoms with Crippen molar-refractivity contribution in [2.24, 2.45) is 4.99 Å². The largest absolute Gasteiger partial charge is 0.376 e. The molecule has 1 amide bonds. The van der Waals surface area contributed by atoms with Gasteiger partial charge in [0, 0.05) is 50.9 Å². The number of carbonyl (C=O) groups is 1. The summed E-state index contributed by atoms with van der Waals surface area (Å²) in [6, 6.07) is 6.46. The zero-order chi connectivity index (χ0) is 21.3.